The number of benzene rings is 2. The van der Waals surface area contributed by atoms with Crippen LogP contribution in [0.1, 0.15) is 41.6 Å². The lowest BCUT2D eigenvalue weighted by Gasteiger charge is -2.44. The fraction of sp³-hybridized carbons (Fsp3) is 0.444. The summed E-state index contributed by atoms with van der Waals surface area (Å²) in [5, 5.41) is 2.97. The summed E-state index contributed by atoms with van der Waals surface area (Å²) >= 11 is 0. The van der Waals surface area contributed by atoms with Crippen LogP contribution in [0.4, 0.5) is 0 Å². The summed E-state index contributed by atoms with van der Waals surface area (Å²) in [5.41, 5.74) is 0.468. The number of likely N-dealkylation sites (tertiary alicyclic amines) is 1. The quantitative estimate of drug-likeness (QED) is 0.690. The van der Waals surface area contributed by atoms with Crippen molar-refractivity contribution in [3.63, 3.8) is 0 Å². The zero-order chi connectivity index (χ0) is 24.7. The van der Waals surface area contributed by atoms with Crippen molar-refractivity contribution in [3.05, 3.63) is 59.7 Å². The van der Waals surface area contributed by atoms with E-state index in [1.807, 2.05) is 41.3 Å². The summed E-state index contributed by atoms with van der Waals surface area (Å²) in [7, 11) is 0. The van der Waals surface area contributed by atoms with Crippen LogP contribution in [-0.4, -0.2) is 65.8 Å². The molecule has 2 saturated heterocycles. The first kappa shape index (κ1) is 22.8. The number of carbonyl (C=O) groups excluding carboxylic acids is 3. The van der Waals surface area contributed by atoms with E-state index in [1.54, 1.807) is 17.0 Å². The van der Waals surface area contributed by atoms with Crippen LogP contribution in [0.2, 0.25) is 0 Å². The summed E-state index contributed by atoms with van der Waals surface area (Å²) in [5.74, 6) is 1.17. The number of amides is 3. The molecule has 9 nitrogen and oxygen atoms in total. The van der Waals surface area contributed by atoms with E-state index in [4.69, 9.17) is 14.2 Å². The van der Waals surface area contributed by atoms with Crippen LogP contribution in [-0.2, 0) is 20.9 Å². The second-order valence-corrected chi connectivity index (χ2v) is 9.82. The van der Waals surface area contributed by atoms with E-state index in [0.717, 1.165) is 18.4 Å². The largest absolute Gasteiger partial charge is 0.454 e. The van der Waals surface area contributed by atoms with E-state index in [1.165, 1.54) is 0 Å². The minimum absolute atomic E-state index is 0.113. The number of carbonyl (C=O) groups is 3. The maximum absolute atomic E-state index is 13.7. The average molecular weight is 492 g/mol. The summed E-state index contributed by atoms with van der Waals surface area (Å²) in [4.78, 5) is 43.2. The van der Waals surface area contributed by atoms with Crippen molar-refractivity contribution >= 4 is 17.7 Å². The van der Waals surface area contributed by atoms with Crippen LogP contribution in [0.3, 0.4) is 0 Å². The average Bonchev–Trinajstić information content (AvgIpc) is 3.56. The number of nitrogens with one attached hydrogen (secondary N) is 1. The van der Waals surface area contributed by atoms with Crippen molar-refractivity contribution in [2.75, 3.05) is 26.5 Å². The topological polar surface area (TPSA) is 97.4 Å². The van der Waals surface area contributed by atoms with Crippen LogP contribution >= 0.6 is 0 Å². The van der Waals surface area contributed by atoms with Gasteiger partial charge in [-0.25, -0.2) is 0 Å². The van der Waals surface area contributed by atoms with Crippen LogP contribution < -0.4 is 14.8 Å². The van der Waals surface area contributed by atoms with E-state index in [9.17, 15) is 14.4 Å². The molecule has 1 saturated carbocycles. The van der Waals surface area contributed by atoms with E-state index in [0.29, 0.717) is 43.0 Å². The first-order valence-corrected chi connectivity index (χ1v) is 12.5. The lowest BCUT2D eigenvalue weighted by Crippen LogP contribution is -2.59. The van der Waals surface area contributed by atoms with Gasteiger partial charge in [-0.15, -0.1) is 0 Å². The number of fused-ring (bicyclic) bond motifs is 1. The lowest BCUT2D eigenvalue weighted by molar-refractivity contribution is -0.144. The van der Waals surface area contributed by atoms with Gasteiger partial charge in [0.2, 0.25) is 18.6 Å². The van der Waals surface area contributed by atoms with Crippen LogP contribution in [0, 0.1) is 5.92 Å². The highest BCUT2D eigenvalue weighted by atomic mass is 16.7. The molecule has 3 heterocycles. The third kappa shape index (κ3) is 4.17. The summed E-state index contributed by atoms with van der Waals surface area (Å²) in [6.45, 7) is 1.61. The van der Waals surface area contributed by atoms with E-state index >= 15 is 0 Å². The minimum atomic E-state index is -0.909. The third-order valence-corrected chi connectivity index (χ3v) is 7.49. The number of nitrogens with zero attached hydrogens (tertiary/aromatic N) is 2. The molecule has 0 bridgehead atoms. The van der Waals surface area contributed by atoms with Gasteiger partial charge in [0.1, 0.15) is 11.8 Å². The van der Waals surface area contributed by atoms with Gasteiger partial charge in [0.15, 0.2) is 11.5 Å². The van der Waals surface area contributed by atoms with Gasteiger partial charge < -0.3 is 24.4 Å². The lowest BCUT2D eigenvalue weighted by atomic mass is 9.96. The number of hydrogen-bond acceptors (Lipinski definition) is 6. The molecule has 1 atom stereocenters. The van der Waals surface area contributed by atoms with Gasteiger partial charge in [0.05, 0.1) is 6.61 Å². The van der Waals surface area contributed by atoms with Crippen LogP contribution in [0.15, 0.2) is 48.5 Å². The number of piperidine rings is 1. The maximum Gasteiger partial charge on any atom is 0.256 e. The van der Waals surface area contributed by atoms with Gasteiger partial charge in [0.25, 0.3) is 5.91 Å². The Morgan fingerprint density at radius 2 is 1.72 bits per heavy atom. The van der Waals surface area contributed by atoms with Crippen molar-refractivity contribution in [1.29, 1.82) is 0 Å². The number of rotatable bonds is 5. The molecule has 2 aromatic carbocycles. The van der Waals surface area contributed by atoms with Gasteiger partial charge in [-0.2, -0.15) is 0 Å². The number of hydrogen-bond donors (Lipinski definition) is 1. The Hall–Kier alpha value is -3.59. The first-order valence-electron chi connectivity index (χ1n) is 12.5. The normalized spacial score (nSPS) is 22.1. The number of ether oxygens (including phenoxy) is 3. The van der Waals surface area contributed by atoms with Crippen LogP contribution in [0.5, 0.6) is 11.5 Å². The Morgan fingerprint density at radius 1 is 0.972 bits per heavy atom. The minimum Gasteiger partial charge on any atom is -0.454 e. The van der Waals surface area contributed by atoms with Gasteiger partial charge in [-0.05, 0) is 42.7 Å². The monoisotopic (exact) mass is 491 g/mol. The van der Waals surface area contributed by atoms with Gasteiger partial charge in [0, 0.05) is 44.0 Å². The molecule has 9 heteroatoms. The molecule has 1 N–H and O–H groups in total. The zero-order valence-electron chi connectivity index (χ0n) is 20.0. The van der Waals surface area contributed by atoms with Gasteiger partial charge >= 0.3 is 0 Å². The standard InChI is InChI=1S/C27H29N3O6/c31-24(28-15-18-6-9-22-23(14-18)35-17-34-22)21-16-36-27(30(21)26(33)19-4-2-1-3-5-19)10-12-29(13-11-27)25(32)20-7-8-20/h1-6,9,14,20-21H,7-8,10-13,15-17H2,(H,28,31). The van der Waals surface area contributed by atoms with E-state index in [2.05, 4.69) is 5.32 Å². The van der Waals surface area contributed by atoms with Crippen molar-refractivity contribution < 1.29 is 28.6 Å². The fourth-order valence-electron chi connectivity index (χ4n) is 5.31. The highest BCUT2D eigenvalue weighted by Crippen LogP contribution is 2.40. The summed E-state index contributed by atoms with van der Waals surface area (Å²) < 4.78 is 17.0. The Balaban J connectivity index is 1.20. The molecule has 3 fully saturated rings. The highest BCUT2D eigenvalue weighted by Gasteiger charge is 2.54. The molecule has 2 aromatic rings. The molecule has 3 aliphatic heterocycles. The Morgan fingerprint density at radius 3 is 2.47 bits per heavy atom. The Labute approximate surface area is 209 Å². The van der Waals surface area contributed by atoms with Gasteiger partial charge in [-0.3, -0.25) is 19.3 Å². The Bertz CT molecular complexity index is 1170. The molecule has 1 spiro atoms. The maximum atomic E-state index is 13.7. The van der Waals surface area contributed by atoms with Crippen LogP contribution in [0.25, 0.3) is 0 Å². The molecule has 0 radical (unpaired) electrons. The molecule has 3 amide bonds. The third-order valence-electron chi connectivity index (χ3n) is 7.49. The van der Waals surface area contributed by atoms with Crippen molar-refractivity contribution in [2.24, 2.45) is 5.92 Å². The van der Waals surface area contributed by atoms with E-state index < -0.39 is 11.8 Å². The van der Waals surface area contributed by atoms with Crippen molar-refractivity contribution in [2.45, 2.75) is 44.0 Å². The molecule has 4 aliphatic rings. The molecule has 6 rings (SSSR count). The summed E-state index contributed by atoms with van der Waals surface area (Å²) in [6.07, 6.45) is 2.88. The molecule has 0 aromatic heterocycles. The second kappa shape index (κ2) is 9.13. The summed E-state index contributed by atoms with van der Waals surface area (Å²) in [6, 6.07) is 13.7. The molecule has 1 aliphatic carbocycles. The van der Waals surface area contributed by atoms with E-state index in [-0.39, 0.29) is 43.6 Å². The molecular weight excluding hydrogens is 462 g/mol. The predicted molar refractivity (Wildman–Crippen MR) is 128 cm³/mol. The highest BCUT2D eigenvalue weighted by molar-refractivity contribution is 5.98. The smallest absolute Gasteiger partial charge is 0.256 e. The fourth-order valence-corrected chi connectivity index (χ4v) is 5.31. The van der Waals surface area contributed by atoms with Gasteiger partial charge in [-0.1, -0.05) is 24.3 Å². The second-order valence-electron chi connectivity index (χ2n) is 9.82. The molecule has 188 valence electrons. The molecule has 36 heavy (non-hydrogen) atoms. The van der Waals surface area contributed by atoms with Crippen molar-refractivity contribution in [3.8, 4) is 11.5 Å². The predicted octanol–water partition coefficient (Wildman–Crippen LogP) is 2.30. The first-order chi connectivity index (χ1) is 17.5. The molecule has 1 unspecified atom stereocenters. The zero-order valence-corrected chi connectivity index (χ0v) is 20.0. The Kier molecular flexibility index (Phi) is 5.79. The van der Waals surface area contributed by atoms with Crippen molar-refractivity contribution in [1.82, 2.24) is 15.1 Å². The SMILES string of the molecule is O=C(NCc1ccc2c(c1)OCO2)C1COC2(CCN(C(=O)C3CC3)CC2)N1C(=O)c1ccccc1. The molecular formula is C27H29N3O6.